The van der Waals surface area contributed by atoms with Crippen molar-refractivity contribution in [1.82, 2.24) is 10.6 Å². The molecule has 1 atom stereocenters. The lowest BCUT2D eigenvalue weighted by molar-refractivity contribution is -0.121. The molecule has 0 aliphatic heterocycles. The van der Waals surface area contributed by atoms with E-state index in [0.717, 1.165) is 6.42 Å². The molecule has 1 aromatic rings. The van der Waals surface area contributed by atoms with Crippen LogP contribution in [0.5, 0.6) is 0 Å². The molecule has 0 saturated carbocycles. The van der Waals surface area contributed by atoms with E-state index in [-0.39, 0.29) is 5.91 Å². The summed E-state index contributed by atoms with van der Waals surface area (Å²) in [5.41, 5.74) is 0.737. The molecule has 0 aliphatic rings. The summed E-state index contributed by atoms with van der Waals surface area (Å²) in [5.74, 6) is 0.338. The van der Waals surface area contributed by atoms with E-state index in [1.807, 2.05) is 39.0 Å². The van der Waals surface area contributed by atoms with Gasteiger partial charge in [-0.25, -0.2) is 4.79 Å². The molecule has 1 rings (SSSR count). The van der Waals surface area contributed by atoms with Gasteiger partial charge in [-0.3, -0.25) is 4.79 Å². The molecule has 0 radical (unpaired) electrons. The number of hydrogen-bond acceptors (Lipinski definition) is 3. The predicted molar refractivity (Wildman–Crippen MR) is 96.0 cm³/mol. The number of amides is 2. The first kappa shape index (κ1) is 20.0. The molecule has 134 valence electrons. The molecule has 0 heterocycles. The van der Waals surface area contributed by atoms with Gasteiger partial charge in [-0.05, 0) is 39.2 Å². The van der Waals surface area contributed by atoms with Gasteiger partial charge < -0.3 is 15.4 Å². The topological polar surface area (TPSA) is 67.4 Å². The first-order valence-electron chi connectivity index (χ1n) is 8.60. The van der Waals surface area contributed by atoms with Crippen LogP contribution in [-0.4, -0.2) is 30.7 Å². The maximum Gasteiger partial charge on any atom is 0.407 e. The number of carbonyl (C=O) groups excluding carboxylic acids is 2. The summed E-state index contributed by atoms with van der Waals surface area (Å²) in [6, 6.07) is 10.2. The fraction of sp³-hybridized carbons (Fsp3) is 0.579. The van der Waals surface area contributed by atoms with Gasteiger partial charge in [0, 0.05) is 25.4 Å². The highest BCUT2D eigenvalue weighted by Gasteiger charge is 2.15. The first-order valence-corrected chi connectivity index (χ1v) is 8.60. The number of benzene rings is 1. The molecule has 0 aromatic heterocycles. The summed E-state index contributed by atoms with van der Waals surface area (Å²) in [4.78, 5) is 23.4. The number of hydrogen-bond donors (Lipinski definition) is 2. The molecule has 1 unspecified atom stereocenters. The van der Waals surface area contributed by atoms with Gasteiger partial charge in [-0.1, -0.05) is 37.3 Å². The molecule has 2 amide bonds. The van der Waals surface area contributed by atoms with Gasteiger partial charge in [0.05, 0.1) is 0 Å². The molecule has 1 aromatic carbocycles. The van der Waals surface area contributed by atoms with Crippen LogP contribution in [0.4, 0.5) is 4.79 Å². The summed E-state index contributed by atoms with van der Waals surface area (Å²) in [6.45, 7) is 8.64. The maximum absolute atomic E-state index is 11.9. The summed E-state index contributed by atoms with van der Waals surface area (Å²) < 4.78 is 5.14. The second-order valence-corrected chi connectivity index (χ2v) is 6.85. The molecular formula is C19H30N2O3. The highest BCUT2D eigenvalue weighted by atomic mass is 16.6. The van der Waals surface area contributed by atoms with Gasteiger partial charge in [-0.2, -0.15) is 0 Å². The number of nitrogens with one attached hydrogen (secondary N) is 2. The Morgan fingerprint density at radius 1 is 1.12 bits per heavy atom. The van der Waals surface area contributed by atoms with Gasteiger partial charge in [-0.15, -0.1) is 0 Å². The molecule has 0 bridgehead atoms. The van der Waals surface area contributed by atoms with Crippen molar-refractivity contribution in [2.24, 2.45) is 0 Å². The van der Waals surface area contributed by atoms with Gasteiger partial charge in [0.25, 0.3) is 0 Å². The second kappa shape index (κ2) is 9.96. The van der Waals surface area contributed by atoms with Gasteiger partial charge >= 0.3 is 6.09 Å². The van der Waals surface area contributed by atoms with Gasteiger partial charge in [0.15, 0.2) is 0 Å². The Kier molecular flexibility index (Phi) is 8.30. The standard InChI is InChI=1S/C19H30N2O3/c1-5-15(16-10-7-6-8-11-16)14-21-17(22)12-9-13-20-18(23)24-19(2,3)4/h6-8,10-11,15H,5,9,12-14H2,1-4H3,(H,20,23)(H,21,22). The van der Waals surface area contributed by atoms with Crippen molar-refractivity contribution >= 4 is 12.0 Å². The zero-order valence-corrected chi connectivity index (χ0v) is 15.2. The molecule has 5 heteroatoms. The third-order valence-corrected chi connectivity index (χ3v) is 3.56. The second-order valence-electron chi connectivity index (χ2n) is 6.85. The number of alkyl carbamates (subject to hydrolysis) is 1. The molecule has 0 aliphatic carbocycles. The van der Waals surface area contributed by atoms with E-state index in [1.54, 1.807) is 0 Å². The van der Waals surface area contributed by atoms with Crippen LogP contribution in [0.1, 0.15) is 58.4 Å². The van der Waals surface area contributed by atoms with E-state index < -0.39 is 11.7 Å². The Bertz CT molecular complexity index is 509. The molecular weight excluding hydrogens is 304 g/mol. The van der Waals surface area contributed by atoms with Crippen LogP contribution in [-0.2, 0) is 9.53 Å². The van der Waals surface area contributed by atoms with E-state index >= 15 is 0 Å². The zero-order valence-electron chi connectivity index (χ0n) is 15.2. The van der Waals surface area contributed by atoms with Crippen LogP contribution in [0.15, 0.2) is 30.3 Å². The van der Waals surface area contributed by atoms with Gasteiger partial charge in [0.1, 0.15) is 5.60 Å². The van der Waals surface area contributed by atoms with E-state index in [0.29, 0.717) is 31.8 Å². The van der Waals surface area contributed by atoms with Crippen molar-refractivity contribution in [2.75, 3.05) is 13.1 Å². The van der Waals surface area contributed by atoms with Gasteiger partial charge in [0.2, 0.25) is 5.91 Å². The van der Waals surface area contributed by atoms with Crippen LogP contribution < -0.4 is 10.6 Å². The summed E-state index contributed by atoms with van der Waals surface area (Å²) in [7, 11) is 0. The largest absolute Gasteiger partial charge is 0.444 e. The van der Waals surface area contributed by atoms with E-state index in [9.17, 15) is 9.59 Å². The Morgan fingerprint density at radius 3 is 2.38 bits per heavy atom. The Morgan fingerprint density at radius 2 is 1.79 bits per heavy atom. The fourth-order valence-electron chi connectivity index (χ4n) is 2.30. The summed E-state index contributed by atoms with van der Waals surface area (Å²) in [6.07, 6.45) is 1.51. The van der Waals surface area contributed by atoms with Crippen molar-refractivity contribution in [3.05, 3.63) is 35.9 Å². The van der Waals surface area contributed by atoms with E-state index in [4.69, 9.17) is 4.74 Å². The van der Waals surface area contributed by atoms with Crippen LogP contribution >= 0.6 is 0 Å². The van der Waals surface area contributed by atoms with Crippen molar-refractivity contribution in [3.8, 4) is 0 Å². The van der Waals surface area contributed by atoms with Crippen molar-refractivity contribution in [3.63, 3.8) is 0 Å². The normalized spacial score (nSPS) is 12.3. The molecule has 0 fully saturated rings. The maximum atomic E-state index is 11.9. The van der Waals surface area contributed by atoms with Crippen molar-refractivity contribution in [1.29, 1.82) is 0 Å². The summed E-state index contributed by atoms with van der Waals surface area (Å²) >= 11 is 0. The Labute approximate surface area is 145 Å². The van der Waals surface area contributed by atoms with Crippen molar-refractivity contribution < 1.29 is 14.3 Å². The predicted octanol–water partition coefficient (Wildman–Crippen LogP) is 3.60. The smallest absolute Gasteiger partial charge is 0.407 e. The number of carbonyl (C=O) groups is 2. The highest BCUT2D eigenvalue weighted by Crippen LogP contribution is 2.17. The molecule has 5 nitrogen and oxygen atoms in total. The van der Waals surface area contributed by atoms with E-state index in [2.05, 4.69) is 29.7 Å². The SMILES string of the molecule is CCC(CNC(=O)CCCNC(=O)OC(C)(C)C)c1ccccc1. The van der Waals surface area contributed by atoms with Crippen LogP contribution in [0.25, 0.3) is 0 Å². The van der Waals surface area contributed by atoms with Crippen LogP contribution in [0.2, 0.25) is 0 Å². The minimum Gasteiger partial charge on any atom is -0.444 e. The monoisotopic (exact) mass is 334 g/mol. The average molecular weight is 334 g/mol. The fourth-order valence-corrected chi connectivity index (χ4v) is 2.30. The molecule has 24 heavy (non-hydrogen) atoms. The quantitative estimate of drug-likeness (QED) is 0.714. The van der Waals surface area contributed by atoms with Crippen molar-refractivity contribution in [2.45, 2.75) is 58.5 Å². The third kappa shape index (κ3) is 8.56. The minimum absolute atomic E-state index is 0.00960. The molecule has 2 N–H and O–H groups in total. The van der Waals surface area contributed by atoms with Crippen LogP contribution in [0.3, 0.4) is 0 Å². The average Bonchev–Trinajstić information content (AvgIpc) is 2.51. The highest BCUT2D eigenvalue weighted by molar-refractivity contribution is 5.76. The number of ether oxygens (including phenoxy) is 1. The third-order valence-electron chi connectivity index (χ3n) is 3.56. The Hall–Kier alpha value is -2.04. The zero-order chi connectivity index (χ0) is 18.0. The lowest BCUT2D eigenvalue weighted by Crippen LogP contribution is -2.34. The number of rotatable bonds is 8. The van der Waals surface area contributed by atoms with E-state index in [1.165, 1.54) is 5.56 Å². The molecule has 0 spiro atoms. The first-order chi connectivity index (χ1) is 11.3. The Balaban J connectivity index is 2.21. The summed E-state index contributed by atoms with van der Waals surface area (Å²) in [5, 5.41) is 5.63. The minimum atomic E-state index is -0.506. The molecule has 0 saturated heterocycles. The van der Waals surface area contributed by atoms with Crippen LogP contribution in [0, 0.1) is 0 Å². The lowest BCUT2D eigenvalue weighted by atomic mass is 9.96. The lowest BCUT2D eigenvalue weighted by Gasteiger charge is -2.19.